The molecule has 0 aliphatic carbocycles. The number of hydrogen-bond acceptors (Lipinski definition) is 4. The fourth-order valence-electron chi connectivity index (χ4n) is 3.88. The molecule has 3 heterocycles. The van der Waals surface area contributed by atoms with Crippen LogP contribution in [0.15, 0.2) is 29.2 Å². The molecule has 1 aromatic carbocycles. The Hall–Kier alpha value is -3.23. The zero-order valence-electron chi connectivity index (χ0n) is 15.2. The highest BCUT2D eigenvalue weighted by molar-refractivity contribution is 5.97. The summed E-state index contributed by atoms with van der Waals surface area (Å²) in [6.45, 7) is 1.24. The number of piperidine rings is 1. The van der Waals surface area contributed by atoms with Gasteiger partial charge in [-0.2, -0.15) is 0 Å². The average Bonchev–Trinajstić information content (AvgIpc) is 3.11. The molecular weight excluding hydrogens is 369 g/mol. The fourth-order valence-corrected chi connectivity index (χ4v) is 3.88. The summed E-state index contributed by atoms with van der Waals surface area (Å²) in [5.74, 6) is -0.925. The number of amides is 2. The van der Waals surface area contributed by atoms with Crippen molar-refractivity contribution >= 4 is 29.2 Å². The number of halogens is 1. The van der Waals surface area contributed by atoms with Crippen molar-refractivity contribution < 1.29 is 23.9 Å². The van der Waals surface area contributed by atoms with Crippen LogP contribution < -0.4 is 5.43 Å². The summed E-state index contributed by atoms with van der Waals surface area (Å²) in [5, 5.41) is 7.04. The van der Waals surface area contributed by atoms with Gasteiger partial charge in [-0.3, -0.25) is 19.2 Å². The van der Waals surface area contributed by atoms with E-state index in [-0.39, 0.29) is 35.2 Å². The molecule has 148 valence electrons. The van der Waals surface area contributed by atoms with Crippen LogP contribution in [0.5, 0.6) is 0 Å². The minimum atomic E-state index is -0.525. The molecule has 1 aromatic heterocycles. The zero-order chi connectivity index (χ0) is 20.4. The number of nitrogens with one attached hydrogen (secondary N) is 1. The lowest BCUT2D eigenvalue weighted by Crippen LogP contribution is -2.42. The van der Waals surface area contributed by atoms with Gasteiger partial charge in [-0.1, -0.05) is 0 Å². The fraction of sp³-hybridized carbons (Fsp3) is 0.368. The Balaban J connectivity index is 0.000000706. The average molecular weight is 389 g/mol. The largest absolute Gasteiger partial charge is 0.483 e. The lowest BCUT2D eigenvalue weighted by molar-refractivity contribution is -0.137. The Kier molecular flexibility index (Phi) is 5.43. The number of pyridine rings is 1. The molecule has 2 N–H and O–H groups in total. The minimum Gasteiger partial charge on any atom is -0.483 e. The van der Waals surface area contributed by atoms with Crippen LogP contribution in [0.1, 0.15) is 16.8 Å². The van der Waals surface area contributed by atoms with Gasteiger partial charge in [0.05, 0.1) is 5.92 Å². The van der Waals surface area contributed by atoms with Gasteiger partial charge >= 0.3 is 0 Å². The van der Waals surface area contributed by atoms with Gasteiger partial charge in [0.15, 0.2) is 0 Å². The number of carboxylic acid groups (broad SMARTS) is 1. The molecule has 0 unspecified atom stereocenters. The van der Waals surface area contributed by atoms with Gasteiger partial charge in [0.1, 0.15) is 11.4 Å². The van der Waals surface area contributed by atoms with Gasteiger partial charge in [-0.15, -0.1) is 0 Å². The van der Waals surface area contributed by atoms with E-state index in [4.69, 9.17) is 9.90 Å². The van der Waals surface area contributed by atoms with E-state index in [1.165, 1.54) is 18.3 Å². The predicted octanol–water partition coefficient (Wildman–Crippen LogP) is 0.918. The van der Waals surface area contributed by atoms with E-state index in [2.05, 4.69) is 4.98 Å². The monoisotopic (exact) mass is 389 g/mol. The first kappa shape index (κ1) is 19.5. The highest BCUT2D eigenvalue weighted by Crippen LogP contribution is 2.32. The summed E-state index contributed by atoms with van der Waals surface area (Å²) in [6.07, 6.45) is 2.23. The first-order chi connectivity index (χ1) is 13.4. The van der Waals surface area contributed by atoms with Crippen molar-refractivity contribution in [3.63, 3.8) is 0 Å². The normalized spacial score (nSPS) is 21.1. The molecule has 2 atom stereocenters. The SMILES string of the molecule is CN1CC[C@@H]2CN(C(=O)c3c[nH]c4ccc(F)cc4c3=O)C[C@@H]2C1=O.O=CO. The molecule has 2 amide bonds. The van der Waals surface area contributed by atoms with Crippen LogP contribution in [0.2, 0.25) is 0 Å². The lowest BCUT2D eigenvalue weighted by atomic mass is 9.88. The van der Waals surface area contributed by atoms with Crippen molar-refractivity contribution in [3.8, 4) is 0 Å². The highest BCUT2D eigenvalue weighted by atomic mass is 19.1. The smallest absolute Gasteiger partial charge is 0.290 e. The van der Waals surface area contributed by atoms with Crippen LogP contribution in [-0.4, -0.2) is 64.9 Å². The maximum Gasteiger partial charge on any atom is 0.290 e. The van der Waals surface area contributed by atoms with E-state index in [0.717, 1.165) is 12.5 Å². The van der Waals surface area contributed by atoms with Crippen LogP contribution in [0.25, 0.3) is 10.9 Å². The molecule has 2 aliphatic rings. The number of hydrogen-bond donors (Lipinski definition) is 2. The number of H-pyrrole nitrogens is 1. The molecule has 0 saturated carbocycles. The molecule has 9 heteroatoms. The van der Waals surface area contributed by atoms with E-state index < -0.39 is 17.2 Å². The number of likely N-dealkylation sites (tertiary alicyclic amines) is 2. The summed E-state index contributed by atoms with van der Waals surface area (Å²) >= 11 is 0. The summed E-state index contributed by atoms with van der Waals surface area (Å²) in [7, 11) is 1.77. The Morgan fingerprint density at radius 3 is 2.75 bits per heavy atom. The number of carbonyl (C=O) groups is 3. The Bertz CT molecular complexity index is 989. The van der Waals surface area contributed by atoms with E-state index in [1.54, 1.807) is 16.8 Å². The predicted molar refractivity (Wildman–Crippen MR) is 98.4 cm³/mol. The van der Waals surface area contributed by atoms with Gasteiger partial charge in [-0.25, -0.2) is 4.39 Å². The van der Waals surface area contributed by atoms with Crippen LogP contribution in [0, 0.1) is 17.7 Å². The third kappa shape index (κ3) is 3.47. The van der Waals surface area contributed by atoms with E-state index >= 15 is 0 Å². The molecule has 0 bridgehead atoms. The third-order valence-electron chi connectivity index (χ3n) is 5.33. The third-order valence-corrected chi connectivity index (χ3v) is 5.33. The Morgan fingerprint density at radius 1 is 1.32 bits per heavy atom. The highest BCUT2D eigenvalue weighted by Gasteiger charge is 2.43. The molecule has 8 nitrogen and oxygen atoms in total. The maximum atomic E-state index is 13.4. The molecule has 28 heavy (non-hydrogen) atoms. The van der Waals surface area contributed by atoms with E-state index in [0.29, 0.717) is 25.2 Å². The van der Waals surface area contributed by atoms with Crippen molar-refractivity contribution in [3.05, 3.63) is 46.0 Å². The van der Waals surface area contributed by atoms with Crippen LogP contribution >= 0.6 is 0 Å². The van der Waals surface area contributed by atoms with Gasteiger partial charge in [0.25, 0.3) is 12.4 Å². The molecule has 4 rings (SSSR count). The standard InChI is InChI=1S/C18H18FN3O3.CH2O2/c1-21-5-4-10-8-22(9-14(10)17(21)24)18(25)13-7-20-15-3-2-11(19)6-12(15)16(13)23;2-1-3/h2-3,6-7,10,14H,4-5,8-9H2,1H3,(H,20,23);1H,(H,2,3)/t10-,14+;/m1./s1. The number of nitrogens with zero attached hydrogens (tertiary/aromatic N) is 2. The van der Waals surface area contributed by atoms with Gasteiger partial charge in [0.2, 0.25) is 11.3 Å². The van der Waals surface area contributed by atoms with Crippen molar-refractivity contribution in [1.82, 2.24) is 14.8 Å². The van der Waals surface area contributed by atoms with Crippen LogP contribution in [0.4, 0.5) is 4.39 Å². The number of aromatic nitrogens is 1. The maximum absolute atomic E-state index is 13.4. The molecule has 0 spiro atoms. The zero-order valence-corrected chi connectivity index (χ0v) is 15.2. The number of fused-ring (bicyclic) bond motifs is 2. The topological polar surface area (TPSA) is 111 Å². The summed E-state index contributed by atoms with van der Waals surface area (Å²) in [4.78, 5) is 52.2. The second kappa shape index (κ2) is 7.79. The lowest BCUT2D eigenvalue weighted by Gasteiger charge is -2.30. The van der Waals surface area contributed by atoms with Crippen molar-refractivity contribution in [2.75, 3.05) is 26.7 Å². The molecule has 2 aromatic rings. The van der Waals surface area contributed by atoms with Gasteiger partial charge < -0.3 is 19.9 Å². The molecule has 0 radical (unpaired) electrons. The molecular formula is C19H20FN3O5. The van der Waals surface area contributed by atoms with Gasteiger partial charge in [-0.05, 0) is 30.5 Å². The Morgan fingerprint density at radius 2 is 2.04 bits per heavy atom. The van der Waals surface area contributed by atoms with Crippen molar-refractivity contribution in [2.45, 2.75) is 6.42 Å². The summed E-state index contributed by atoms with van der Waals surface area (Å²) in [5.41, 5.74) is -0.0241. The minimum absolute atomic E-state index is 0.0162. The summed E-state index contributed by atoms with van der Waals surface area (Å²) < 4.78 is 13.4. The molecule has 2 aliphatic heterocycles. The number of rotatable bonds is 1. The number of aromatic amines is 1. The van der Waals surface area contributed by atoms with Crippen molar-refractivity contribution in [2.24, 2.45) is 11.8 Å². The van der Waals surface area contributed by atoms with E-state index in [1.807, 2.05) is 0 Å². The first-order valence-corrected chi connectivity index (χ1v) is 8.80. The van der Waals surface area contributed by atoms with Crippen molar-refractivity contribution in [1.29, 1.82) is 0 Å². The second-order valence-electron chi connectivity index (χ2n) is 6.95. The quantitative estimate of drug-likeness (QED) is 0.705. The molecule has 2 fully saturated rings. The van der Waals surface area contributed by atoms with Crippen LogP contribution in [0.3, 0.4) is 0 Å². The van der Waals surface area contributed by atoms with Crippen LogP contribution in [-0.2, 0) is 9.59 Å². The Labute approximate surface area is 159 Å². The first-order valence-electron chi connectivity index (χ1n) is 8.80. The van der Waals surface area contributed by atoms with Gasteiger partial charge in [0, 0.05) is 43.8 Å². The molecule has 2 saturated heterocycles. The summed E-state index contributed by atoms with van der Waals surface area (Å²) in [6, 6.07) is 3.86. The number of benzene rings is 1. The number of carbonyl (C=O) groups excluding carboxylic acids is 2. The second-order valence-corrected chi connectivity index (χ2v) is 6.95. The van der Waals surface area contributed by atoms with E-state index in [9.17, 15) is 18.8 Å².